The Kier molecular flexibility index (Phi) is 4.68. The van der Waals surface area contributed by atoms with Crippen LogP contribution in [-0.4, -0.2) is 36.3 Å². The van der Waals surface area contributed by atoms with Crippen molar-refractivity contribution in [1.29, 1.82) is 0 Å². The van der Waals surface area contributed by atoms with Crippen LogP contribution in [0.2, 0.25) is 0 Å². The molecule has 0 aromatic heterocycles. The Morgan fingerprint density at radius 3 is 2.50 bits per heavy atom. The van der Waals surface area contributed by atoms with E-state index in [1.165, 1.54) is 12.1 Å². The minimum absolute atomic E-state index is 0.0568. The van der Waals surface area contributed by atoms with Crippen molar-refractivity contribution in [2.24, 2.45) is 0 Å². The molecule has 0 aliphatic rings. The van der Waals surface area contributed by atoms with Crippen molar-refractivity contribution in [3.63, 3.8) is 0 Å². The predicted molar refractivity (Wildman–Crippen MR) is 61.5 cm³/mol. The van der Waals surface area contributed by atoms with Crippen LogP contribution in [0.25, 0.3) is 0 Å². The van der Waals surface area contributed by atoms with Gasteiger partial charge in [-0.1, -0.05) is 0 Å². The van der Waals surface area contributed by atoms with Crippen molar-refractivity contribution in [2.75, 3.05) is 25.5 Å². The molecule has 0 heterocycles. The number of nitrogens with one attached hydrogen (secondary N) is 2. The Morgan fingerprint density at radius 2 is 2.00 bits per heavy atom. The molecule has 0 bridgehead atoms. The first kappa shape index (κ1) is 12.4. The largest absolute Gasteiger partial charge is 0.390 e. The monoisotopic (exact) mass is 225 g/mol. The van der Waals surface area contributed by atoms with Gasteiger partial charge in [-0.05, 0) is 19.2 Å². The summed E-state index contributed by atoms with van der Waals surface area (Å²) in [6, 6.07) is 6.08. The van der Waals surface area contributed by atoms with Crippen LogP contribution in [0.3, 0.4) is 0 Å². The number of likely N-dealkylation sites (N-methyl/N-ethyl adjacent to an activating group) is 1. The number of benzene rings is 1. The van der Waals surface area contributed by atoms with Gasteiger partial charge in [-0.2, -0.15) is 0 Å². The van der Waals surface area contributed by atoms with Gasteiger partial charge < -0.3 is 15.7 Å². The lowest BCUT2D eigenvalue weighted by molar-refractivity contribution is -0.384. The summed E-state index contributed by atoms with van der Waals surface area (Å²) >= 11 is 0. The summed E-state index contributed by atoms with van der Waals surface area (Å²) in [5.41, 5.74) is 0.807. The van der Waals surface area contributed by atoms with Gasteiger partial charge >= 0.3 is 0 Å². The van der Waals surface area contributed by atoms with Gasteiger partial charge in [-0.25, -0.2) is 0 Å². The zero-order chi connectivity index (χ0) is 12.0. The van der Waals surface area contributed by atoms with E-state index in [-0.39, 0.29) is 5.69 Å². The van der Waals surface area contributed by atoms with Crippen molar-refractivity contribution >= 4 is 11.4 Å². The topological polar surface area (TPSA) is 87.4 Å². The number of hydrogen-bond donors (Lipinski definition) is 3. The van der Waals surface area contributed by atoms with Crippen LogP contribution in [0.5, 0.6) is 0 Å². The molecule has 0 amide bonds. The summed E-state index contributed by atoms with van der Waals surface area (Å²) in [7, 11) is 1.76. The van der Waals surface area contributed by atoms with E-state index in [1.54, 1.807) is 19.2 Å². The summed E-state index contributed by atoms with van der Waals surface area (Å²) < 4.78 is 0. The molecule has 16 heavy (non-hydrogen) atoms. The van der Waals surface area contributed by atoms with E-state index < -0.39 is 11.0 Å². The molecule has 0 radical (unpaired) electrons. The molecule has 88 valence electrons. The molecule has 1 rings (SSSR count). The molecule has 0 saturated heterocycles. The van der Waals surface area contributed by atoms with Gasteiger partial charge in [-0.3, -0.25) is 10.1 Å². The second kappa shape index (κ2) is 6.04. The second-order valence-electron chi connectivity index (χ2n) is 3.40. The molecule has 1 aromatic carbocycles. The Morgan fingerprint density at radius 1 is 1.38 bits per heavy atom. The lowest BCUT2D eigenvalue weighted by atomic mass is 10.2. The van der Waals surface area contributed by atoms with Gasteiger partial charge in [0.25, 0.3) is 5.69 Å². The van der Waals surface area contributed by atoms with E-state index in [2.05, 4.69) is 10.6 Å². The van der Waals surface area contributed by atoms with Crippen LogP contribution < -0.4 is 10.6 Å². The smallest absolute Gasteiger partial charge is 0.269 e. The lowest BCUT2D eigenvalue weighted by Gasteiger charge is -2.11. The maximum absolute atomic E-state index is 10.4. The third-order valence-corrected chi connectivity index (χ3v) is 2.06. The third kappa shape index (κ3) is 3.84. The fourth-order valence-electron chi connectivity index (χ4n) is 1.24. The van der Waals surface area contributed by atoms with Crippen LogP contribution >= 0.6 is 0 Å². The Balaban J connectivity index is 2.46. The van der Waals surface area contributed by atoms with E-state index in [0.717, 1.165) is 5.69 Å². The third-order valence-electron chi connectivity index (χ3n) is 2.06. The van der Waals surface area contributed by atoms with Gasteiger partial charge in [0.1, 0.15) is 0 Å². The predicted octanol–water partition coefficient (Wildman–Crippen LogP) is 0.587. The van der Waals surface area contributed by atoms with Crippen LogP contribution in [0.15, 0.2) is 24.3 Å². The number of rotatable bonds is 6. The summed E-state index contributed by atoms with van der Waals surface area (Å²) in [4.78, 5) is 9.96. The van der Waals surface area contributed by atoms with Gasteiger partial charge in [0.2, 0.25) is 0 Å². The zero-order valence-corrected chi connectivity index (χ0v) is 9.01. The molecule has 0 saturated carbocycles. The molecule has 1 atom stereocenters. The zero-order valence-electron chi connectivity index (χ0n) is 9.01. The highest BCUT2D eigenvalue weighted by Crippen LogP contribution is 2.15. The minimum Gasteiger partial charge on any atom is -0.390 e. The fourth-order valence-corrected chi connectivity index (χ4v) is 1.24. The van der Waals surface area contributed by atoms with Gasteiger partial charge in [0.15, 0.2) is 0 Å². The van der Waals surface area contributed by atoms with Crippen molar-refractivity contribution < 1.29 is 10.0 Å². The summed E-state index contributed by atoms with van der Waals surface area (Å²) in [5, 5.41) is 25.7. The fraction of sp³-hybridized carbons (Fsp3) is 0.400. The standard InChI is InChI=1S/C10H15N3O3/c1-11-6-10(14)7-12-8-2-4-9(5-3-8)13(15)16/h2-5,10-12,14H,6-7H2,1H3. The summed E-state index contributed by atoms with van der Waals surface area (Å²) in [6.07, 6.45) is -0.486. The second-order valence-corrected chi connectivity index (χ2v) is 3.40. The van der Waals surface area contributed by atoms with E-state index in [9.17, 15) is 15.2 Å². The molecule has 6 heteroatoms. The molecule has 0 fully saturated rings. The first-order valence-corrected chi connectivity index (χ1v) is 4.94. The number of aliphatic hydroxyl groups excluding tert-OH is 1. The Hall–Kier alpha value is -1.66. The van der Waals surface area contributed by atoms with E-state index in [0.29, 0.717) is 13.1 Å². The maximum Gasteiger partial charge on any atom is 0.269 e. The number of anilines is 1. The molecule has 0 aliphatic heterocycles. The molecular weight excluding hydrogens is 210 g/mol. The first-order valence-electron chi connectivity index (χ1n) is 4.94. The number of non-ortho nitro benzene ring substituents is 1. The Bertz CT molecular complexity index is 340. The maximum atomic E-state index is 10.4. The quantitative estimate of drug-likeness (QED) is 0.487. The van der Waals surface area contributed by atoms with Crippen LogP contribution in [0.1, 0.15) is 0 Å². The summed E-state index contributed by atoms with van der Waals surface area (Å²) in [6.45, 7) is 0.901. The molecule has 1 aromatic rings. The van der Waals surface area contributed by atoms with Gasteiger partial charge in [0.05, 0.1) is 11.0 Å². The number of nitro benzene ring substituents is 1. The minimum atomic E-state index is -0.486. The first-order chi connectivity index (χ1) is 7.63. The van der Waals surface area contributed by atoms with Crippen molar-refractivity contribution in [2.45, 2.75) is 6.10 Å². The average molecular weight is 225 g/mol. The SMILES string of the molecule is CNCC(O)CNc1ccc([N+](=O)[O-])cc1. The summed E-state index contributed by atoms with van der Waals surface area (Å²) in [5.74, 6) is 0. The molecule has 0 aliphatic carbocycles. The molecule has 0 spiro atoms. The molecule has 6 nitrogen and oxygen atoms in total. The average Bonchev–Trinajstić information content (AvgIpc) is 2.27. The lowest BCUT2D eigenvalue weighted by Crippen LogP contribution is -2.30. The number of hydrogen-bond acceptors (Lipinski definition) is 5. The Labute approximate surface area is 93.4 Å². The van der Waals surface area contributed by atoms with Crippen molar-refractivity contribution in [3.8, 4) is 0 Å². The van der Waals surface area contributed by atoms with Crippen LogP contribution in [0, 0.1) is 10.1 Å². The van der Waals surface area contributed by atoms with E-state index in [1.807, 2.05) is 0 Å². The molecule has 3 N–H and O–H groups in total. The van der Waals surface area contributed by atoms with E-state index >= 15 is 0 Å². The number of nitrogens with zero attached hydrogens (tertiary/aromatic N) is 1. The number of aliphatic hydroxyl groups is 1. The van der Waals surface area contributed by atoms with E-state index in [4.69, 9.17) is 0 Å². The molecule has 1 unspecified atom stereocenters. The highest BCUT2D eigenvalue weighted by atomic mass is 16.6. The normalized spacial score (nSPS) is 12.1. The highest BCUT2D eigenvalue weighted by Gasteiger charge is 2.05. The van der Waals surface area contributed by atoms with Crippen molar-refractivity contribution in [1.82, 2.24) is 5.32 Å². The van der Waals surface area contributed by atoms with Crippen LogP contribution in [-0.2, 0) is 0 Å². The van der Waals surface area contributed by atoms with Gasteiger partial charge in [0, 0.05) is 30.9 Å². The molecular formula is C10H15N3O3. The van der Waals surface area contributed by atoms with Crippen LogP contribution in [0.4, 0.5) is 11.4 Å². The highest BCUT2D eigenvalue weighted by molar-refractivity contribution is 5.48. The van der Waals surface area contributed by atoms with Crippen molar-refractivity contribution in [3.05, 3.63) is 34.4 Å². The van der Waals surface area contributed by atoms with Gasteiger partial charge in [-0.15, -0.1) is 0 Å². The number of nitro groups is 1.